The molecule has 8 nitrogen and oxygen atoms in total. The van der Waals surface area contributed by atoms with Gasteiger partial charge in [0.05, 0.1) is 18.0 Å². The van der Waals surface area contributed by atoms with Gasteiger partial charge in [0, 0.05) is 11.8 Å². The van der Waals surface area contributed by atoms with E-state index in [1.807, 2.05) is 0 Å². The Hall–Kier alpha value is -3.33. The highest BCUT2D eigenvalue weighted by molar-refractivity contribution is 5.96. The number of benzene rings is 2. The van der Waals surface area contributed by atoms with Crippen LogP contribution in [0.3, 0.4) is 0 Å². The maximum Gasteiger partial charge on any atom is 0.293 e. The second kappa shape index (κ2) is 9.05. The lowest BCUT2D eigenvalue weighted by molar-refractivity contribution is -0.384. The zero-order valence-electron chi connectivity index (χ0n) is 15.8. The Kier molecular flexibility index (Phi) is 6.78. The molecule has 2 amide bonds. The Balaban J connectivity index is 1.93. The molecule has 0 aliphatic carbocycles. The maximum absolute atomic E-state index is 12.9. The predicted octanol–water partition coefficient (Wildman–Crippen LogP) is 2.86. The van der Waals surface area contributed by atoms with Crippen molar-refractivity contribution < 1.29 is 18.9 Å². The highest BCUT2D eigenvalue weighted by atomic mass is 19.1. The van der Waals surface area contributed by atoms with Gasteiger partial charge in [-0.3, -0.25) is 24.6 Å². The van der Waals surface area contributed by atoms with Crippen molar-refractivity contribution in [3.63, 3.8) is 0 Å². The minimum Gasteiger partial charge on any atom is -0.325 e. The van der Waals surface area contributed by atoms with E-state index in [2.05, 4.69) is 10.6 Å². The molecule has 9 heteroatoms. The molecule has 28 heavy (non-hydrogen) atoms. The lowest BCUT2D eigenvalue weighted by atomic mass is 10.1. The summed E-state index contributed by atoms with van der Waals surface area (Å²) in [7, 11) is 1.57. The molecule has 2 N–H and O–H groups in total. The summed E-state index contributed by atoms with van der Waals surface area (Å²) in [4.78, 5) is 36.3. The molecule has 0 atom stereocenters. The Bertz CT molecular complexity index is 900. The van der Waals surface area contributed by atoms with Gasteiger partial charge in [0.25, 0.3) is 5.69 Å². The van der Waals surface area contributed by atoms with Gasteiger partial charge in [0.1, 0.15) is 11.5 Å². The molecule has 0 saturated carbocycles. The number of aryl methyl sites for hydroxylation is 2. The minimum absolute atomic E-state index is 0.0835. The van der Waals surface area contributed by atoms with Crippen molar-refractivity contribution in [2.75, 3.05) is 30.8 Å². The van der Waals surface area contributed by atoms with Crippen molar-refractivity contribution in [2.24, 2.45) is 0 Å². The first-order valence-corrected chi connectivity index (χ1v) is 8.45. The molecule has 2 aromatic rings. The highest BCUT2D eigenvalue weighted by Crippen LogP contribution is 2.27. The second-order valence-electron chi connectivity index (χ2n) is 6.49. The van der Waals surface area contributed by atoms with Crippen molar-refractivity contribution in [3.05, 3.63) is 63.5 Å². The average Bonchev–Trinajstić information content (AvgIpc) is 2.59. The van der Waals surface area contributed by atoms with Gasteiger partial charge in [-0.15, -0.1) is 0 Å². The Labute approximate surface area is 161 Å². The fourth-order valence-electron chi connectivity index (χ4n) is 2.52. The van der Waals surface area contributed by atoms with Crippen LogP contribution < -0.4 is 10.6 Å². The van der Waals surface area contributed by atoms with Gasteiger partial charge < -0.3 is 10.6 Å². The molecule has 148 valence electrons. The number of hydrogen-bond acceptors (Lipinski definition) is 5. The standard InChI is InChI=1S/C19H21FN4O4/c1-12-8-16(17(24(27)28)9-13(12)2)22-19(26)11-23(3)10-18(25)21-15-6-4-14(20)5-7-15/h4-9H,10-11H2,1-3H3,(H,21,25)(H,22,26). The zero-order chi connectivity index (χ0) is 20.8. The number of nitrogens with zero attached hydrogens (tertiary/aromatic N) is 2. The van der Waals surface area contributed by atoms with Gasteiger partial charge in [0.2, 0.25) is 11.8 Å². The topological polar surface area (TPSA) is 105 Å². The molecule has 0 fully saturated rings. The van der Waals surface area contributed by atoms with Gasteiger partial charge >= 0.3 is 0 Å². The summed E-state index contributed by atoms with van der Waals surface area (Å²) < 4.78 is 12.9. The molecule has 0 heterocycles. The largest absolute Gasteiger partial charge is 0.325 e. The normalized spacial score (nSPS) is 10.6. The van der Waals surface area contributed by atoms with Crippen LogP contribution in [-0.4, -0.2) is 41.8 Å². The molecule has 0 aromatic heterocycles. The van der Waals surface area contributed by atoms with Crippen LogP contribution in [0.1, 0.15) is 11.1 Å². The number of nitro groups is 1. The van der Waals surface area contributed by atoms with Crippen molar-refractivity contribution in [1.29, 1.82) is 0 Å². The van der Waals surface area contributed by atoms with Gasteiger partial charge in [0.15, 0.2) is 0 Å². The first kappa shape index (κ1) is 21.0. The molecule has 0 spiro atoms. The van der Waals surface area contributed by atoms with Crippen LogP contribution in [0.4, 0.5) is 21.5 Å². The number of carbonyl (C=O) groups is 2. The van der Waals surface area contributed by atoms with E-state index in [1.165, 1.54) is 35.2 Å². The maximum atomic E-state index is 12.9. The molecule has 0 bridgehead atoms. The van der Waals surface area contributed by atoms with Crippen LogP contribution in [0.15, 0.2) is 36.4 Å². The monoisotopic (exact) mass is 388 g/mol. The summed E-state index contributed by atoms with van der Waals surface area (Å²) in [5.74, 6) is -1.27. The quantitative estimate of drug-likeness (QED) is 0.561. The van der Waals surface area contributed by atoms with E-state index in [0.717, 1.165) is 11.1 Å². The Morgan fingerprint density at radius 2 is 1.57 bits per heavy atom. The minimum atomic E-state index is -0.554. The predicted molar refractivity (Wildman–Crippen MR) is 104 cm³/mol. The molecular weight excluding hydrogens is 367 g/mol. The molecule has 0 aliphatic heterocycles. The Morgan fingerprint density at radius 3 is 2.14 bits per heavy atom. The van der Waals surface area contributed by atoms with Crippen LogP contribution in [0.25, 0.3) is 0 Å². The van der Waals surface area contributed by atoms with Gasteiger partial charge in [-0.2, -0.15) is 0 Å². The van der Waals surface area contributed by atoms with Crippen LogP contribution in [0.5, 0.6) is 0 Å². The third-order valence-corrected chi connectivity index (χ3v) is 4.04. The molecular formula is C19H21FN4O4. The van der Waals surface area contributed by atoms with E-state index in [4.69, 9.17) is 0 Å². The number of nitro benzene ring substituents is 1. The summed E-state index contributed by atoms with van der Waals surface area (Å²) >= 11 is 0. The molecule has 0 aliphatic rings. The lowest BCUT2D eigenvalue weighted by Gasteiger charge is -2.16. The van der Waals surface area contributed by atoms with Crippen molar-refractivity contribution in [1.82, 2.24) is 4.90 Å². The van der Waals surface area contributed by atoms with Crippen LogP contribution in [0, 0.1) is 29.8 Å². The van der Waals surface area contributed by atoms with Crippen molar-refractivity contribution >= 4 is 28.9 Å². The lowest BCUT2D eigenvalue weighted by Crippen LogP contribution is -2.36. The summed E-state index contributed by atoms with van der Waals surface area (Å²) in [5, 5.41) is 16.3. The third kappa shape index (κ3) is 5.85. The average molecular weight is 388 g/mol. The van der Waals surface area contributed by atoms with E-state index in [9.17, 15) is 24.1 Å². The smallest absolute Gasteiger partial charge is 0.293 e. The van der Waals surface area contributed by atoms with E-state index >= 15 is 0 Å². The Morgan fingerprint density at radius 1 is 1.04 bits per heavy atom. The number of nitrogens with one attached hydrogen (secondary N) is 2. The number of carbonyl (C=O) groups excluding carboxylic acids is 2. The zero-order valence-corrected chi connectivity index (χ0v) is 15.8. The molecule has 0 saturated heterocycles. The number of halogens is 1. The molecule has 0 radical (unpaired) electrons. The third-order valence-electron chi connectivity index (χ3n) is 4.04. The van der Waals surface area contributed by atoms with Crippen LogP contribution in [-0.2, 0) is 9.59 Å². The first-order valence-electron chi connectivity index (χ1n) is 8.45. The molecule has 0 unspecified atom stereocenters. The molecule has 2 rings (SSSR count). The van der Waals surface area contributed by atoms with E-state index in [0.29, 0.717) is 5.69 Å². The molecule has 2 aromatic carbocycles. The number of hydrogen-bond donors (Lipinski definition) is 2. The van der Waals surface area contributed by atoms with Gasteiger partial charge in [-0.05, 0) is 62.4 Å². The van der Waals surface area contributed by atoms with Gasteiger partial charge in [-0.1, -0.05) is 0 Å². The fourth-order valence-corrected chi connectivity index (χ4v) is 2.52. The highest BCUT2D eigenvalue weighted by Gasteiger charge is 2.19. The van der Waals surface area contributed by atoms with Crippen LogP contribution in [0.2, 0.25) is 0 Å². The summed E-state index contributed by atoms with van der Waals surface area (Å²) in [6.07, 6.45) is 0. The number of anilines is 2. The van der Waals surface area contributed by atoms with E-state index in [-0.39, 0.29) is 30.4 Å². The SMILES string of the molecule is Cc1cc(NC(=O)CN(C)CC(=O)Nc2ccc(F)cc2)c([N+](=O)[O-])cc1C. The summed E-state index contributed by atoms with van der Waals surface area (Å²) in [6, 6.07) is 8.27. The summed E-state index contributed by atoms with van der Waals surface area (Å²) in [5.41, 5.74) is 1.93. The van der Waals surface area contributed by atoms with Crippen molar-refractivity contribution in [3.8, 4) is 0 Å². The van der Waals surface area contributed by atoms with Crippen molar-refractivity contribution in [2.45, 2.75) is 13.8 Å². The first-order chi connectivity index (χ1) is 13.2. The van der Waals surface area contributed by atoms with E-state index in [1.54, 1.807) is 27.0 Å². The summed E-state index contributed by atoms with van der Waals surface area (Å²) in [6.45, 7) is 3.32. The number of likely N-dealkylation sites (N-methyl/N-ethyl adjacent to an activating group) is 1. The second-order valence-corrected chi connectivity index (χ2v) is 6.49. The van der Waals surface area contributed by atoms with Gasteiger partial charge in [-0.25, -0.2) is 4.39 Å². The van der Waals surface area contributed by atoms with Crippen LogP contribution >= 0.6 is 0 Å². The number of rotatable bonds is 7. The van der Waals surface area contributed by atoms with E-state index < -0.39 is 16.6 Å². The fraction of sp³-hybridized carbons (Fsp3) is 0.263. The number of amides is 2.